The SMILES string of the molecule is CCC(C)(c1ccccc1)c1ccc2[nH]cc(C)c2c1. The van der Waals surface area contributed by atoms with E-state index in [0.29, 0.717) is 0 Å². The van der Waals surface area contributed by atoms with Crippen molar-refractivity contribution in [3.05, 3.63) is 71.4 Å². The highest BCUT2D eigenvalue weighted by molar-refractivity contribution is 5.84. The lowest BCUT2D eigenvalue weighted by atomic mass is 9.74. The maximum atomic E-state index is 3.32. The molecule has 0 bridgehead atoms. The van der Waals surface area contributed by atoms with Gasteiger partial charge < -0.3 is 4.98 Å². The van der Waals surface area contributed by atoms with Gasteiger partial charge in [-0.15, -0.1) is 0 Å². The number of nitrogens with one attached hydrogen (secondary N) is 1. The molecule has 102 valence electrons. The molecule has 20 heavy (non-hydrogen) atoms. The van der Waals surface area contributed by atoms with Crippen molar-refractivity contribution in [3.8, 4) is 0 Å². The standard InChI is InChI=1S/C19H21N/c1-4-19(3,15-8-6-5-7-9-15)16-10-11-18-17(12-16)14(2)13-20-18/h5-13,20H,4H2,1-3H3. The van der Waals surface area contributed by atoms with Crippen molar-refractivity contribution in [2.24, 2.45) is 0 Å². The van der Waals surface area contributed by atoms with Crippen LogP contribution in [0.15, 0.2) is 54.7 Å². The lowest BCUT2D eigenvalue weighted by Crippen LogP contribution is -2.22. The molecule has 3 rings (SSSR count). The number of aryl methyl sites for hydroxylation is 1. The van der Waals surface area contributed by atoms with Crippen LogP contribution in [0.25, 0.3) is 10.9 Å². The van der Waals surface area contributed by atoms with Gasteiger partial charge in [0.25, 0.3) is 0 Å². The molecule has 0 spiro atoms. The molecular formula is C19H21N. The smallest absolute Gasteiger partial charge is 0.0456 e. The minimum absolute atomic E-state index is 0.0686. The van der Waals surface area contributed by atoms with Crippen LogP contribution in [0.2, 0.25) is 0 Å². The van der Waals surface area contributed by atoms with E-state index in [1.54, 1.807) is 0 Å². The van der Waals surface area contributed by atoms with Gasteiger partial charge in [0.05, 0.1) is 0 Å². The third kappa shape index (κ3) is 1.94. The van der Waals surface area contributed by atoms with E-state index < -0.39 is 0 Å². The van der Waals surface area contributed by atoms with Crippen molar-refractivity contribution in [1.82, 2.24) is 4.98 Å². The maximum Gasteiger partial charge on any atom is 0.0456 e. The maximum absolute atomic E-state index is 3.32. The zero-order chi connectivity index (χ0) is 14.2. The Morgan fingerprint density at radius 2 is 1.75 bits per heavy atom. The van der Waals surface area contributed by atoms with Crippen LogP contribution in [-0.4, -0.2) is 4.98 Å². The van der Waals surface area contributed by atoms with E-state index in [1.165, 1.54) is 27.6 Å². The van der Waals surface area contributed by atoms with Crippen LogP contribution in [0.3, 0.4) is 0 Å². The number of hydrogen-bond donors (Lipinski definition) is 1. The third-order valence-corrected chi connectivity index (χ3v) is 4.64. The second-order valence-electron chi connectivity index (χ2n) is 5.78. The summed E-state index contributed by atoms with van der Waals surface area (Å²) in [6, 6.07) is 17.6. The first-order chi connectivity index (χ1) is 9.65. The molecule has 0 aliphatic carbocycles. The van der Waals surface area contributed by atoms with Crippen molar-refractivity contribution < 1.29 is 0 Å². The van der Waals surface area contributed by atoms with Crippen LogP contribution < -0.4 is 0 Å². The number of hydrogen-bond acceptors (Lipinski definition) is 0. The minimum Gasteiger partial charge on any atom is -0.361 e. The fraction of sp³-hybridized carbons (Fsp3) is 0.263. The molecule has 0 aliphatic rings. The molecule has 0 fully saturated rings. The Balaban J connectivity index is 2.18. The van der Waals surface area contributed by atoms with Crippen LogP contribution in [0.5, 0.6) is 0 Å². The summed E-state index contributed by atoms with van der Waals surface area (Å²) < 4.78 is 0. The van der Waals surface area contributed by atoms with Gasteiger partial charge >= 0.3 is 0 Å². The largest absolute Gasteiger partial charge is 0.361 e. The summed E-state index contributed by atoms with van der Waals surface area (Å²) in [5.74, 6) is 0. The number of rotatable bonds is 3. The fourth-order valence-corrected chi connectivity index (χ4v) is 2.98. The number of aromatic amines is 1. The molecule has 0 amide bonds. The molecule has 0 saturated carbocycles. The number of aromatic nitrogens is 1. The normalized spacial score (nSPS) is 14.3. The second-order valence-corrected chi connectivity index (χ2v) is 5.78. The topological polar surface area (TPSA) is 15.8 Å². The molecule has 1 N–H and O–H groups in total. The summed E-state index contributed by atoms with van der Waals surface area (Å²) in [6.45, 7) is 6.76. The molecule has 1 heteroatoms. The van der Waals surface area contributed by atoms with E-state index in [0.717, 1.165) is 6.42 Å². The highest BCUT2D eigenvalue weighted by Gasteiger charge is 2.27. The highest BCUT2D eigenvalue weighted by atomic mass is 14.7. The Labute approximate surface area is 120 Å². The van der Waals surface area contributed by atoms with E-state index >= 15 is 0 Å². The van der Waals surface area contributed by atoms with E-state index in [1.807, 2.05) is 0 Å². The van der Waals surface area contributed by atoms with Crippen molar-refractivity contribution in [1.29, 1.82) is 0 Å². The number of benzene rings is 2. The number of fused-ring (bicyclic) bond motifs is 1. The van der Waals surface area contributed by atoms with Gasteiger partial charge in [-0.25, -0.2) is 0 Å². The predicted octanol–water partition coefficient (Wildman–Crippen LogP) is 5.19. The molecule has 1 heterocycles. The molecule has 0 aliphatic heterocycles. The fourth-order valence-electron chi connectivity index (χ4n) is 2.98. The molecule has 1 aromatic heterocycles. The average Bonchev–Trinajstić information content (AvgIpc) is 2.88. The van der Waals surface area contributed by atoms with Gasteiger partial charge in [0, 0.05) is 22.5 Å². The lowest BCUT2D eigenvalue weighted by molar-refractivity contribution is 0.550. The Bertz CT molecular complexity index is 724. The average molecular weight is 263 g/mol. The summed E-state index contributed by atoms with van der Waals surface area (Å²) in [5.41, 5.74) is 5.38. The van der Waals surface area contributed by atoms with E-state index in [9.17, 15) is 0 Å². The van der Waals surface area contributed by atoms with Crippen molar-refractivity contribution in [2.45, 2.75) is 32.6 Å². The van der Waals surface area contributed by atoms with Crippen LogP contribution in [0.1, 0.15) is 37.0 Å². The van der Waals surface area contributed by atoms with Crippen LogP contribution >= 0.6 is 0 Å². The molecule has 1 unspecified atom stereocenters. The van der Waals surface area contributed by atoms with Crippen molar-refractivity contribution in [3.63, 3.8) is 0 Å². The molecule has 2 aromatic carbocycles. The molecule has 3 aromatic rings. The van der Waals surface area contributed by atoms with E-state index in [2.05, 4.69) is 80.5 Å². The van der Waals surface area contributed by atoms with E-state index in [4.69, 9.17) is 0 Å². The van der Waals surface area contributed by atoms with E-state index in [-0.39, 0.29) is 5.41 Å². The van der Waals surface area contributed by atoms with Crippen LogP contribution in [0, 0.1) is 6.92 Å². The van der Waals surface area contributed by atoms with Gasteiger partial charge in [-0.05, 0) is 42.2 Å². The monoisotopic (exact) mass is 263 g/mol. The van der Waals surface area contributed by atoms with Crippen LogP contribution in [-0.2, 0) is 5.41 Å². The van der Waals surface area contributed by atoms with Gasteiger partial charge in [-0.2, -0.15) is 0 Å². The summed E-state index contributed by atoms with van der Waals surface area (Å²) in [7, 11) is 0. The summed E-state index contributed by atoms with van der Waals surface area (Å²) in [4.78, 5) is 3.32. The molecule has 0 radical (unpaired) electrons. The van der Waals surface area contributed by atoms with Crippen molar-refractivity contribution in [2.75, 3.05) is 0 Å². The molecular weight excluding hydrogens is 242 g/mol. The summed E-state index contributed by atoms with van der Waals surface area (Å²) >= 11 is 0. The highest BCUT2D eigenvalue weighted by Crippen LogP contribution is 2.36. The third-order valence-electron chi connectivity index (χ3n) is 4.64. The first-order valence-electron chi connectivity index (χ1n) is 7.29. The molecule has 0 saturated heterocycles. The Hall–Kier alpha value is -2.02. The lowest BCUT2D eigenvalue weighted by Gasteiger charge is -2.30. The van der Waals surface area contributed by atoms with Gasteiger partial charge in [-0.3, -0.25) is 0 Å². The molecule has 1 nitrogen and oxygen atoms in total. The van der Waals surface area contributed by atoms with Crippen molar-refractivity contribution >= 4 is 10.9 Å². The number of H-pyrrole nitrogens is 1. The second kappa shape index (κ2) is 4.82. The zero-order valence-electron chi connectivity index (χ0n) is 12.4. The Morgan fingerprint density at radius 3 is 2.45 bits per heavy atom. The summed E-state index contributed by atoms with van der Waals surface area (Å²) in [5, 5.41) is 1.33. The summed E-state index contributed by atoms with van der Waals surface area (Å²) in [6.07, 6.45) is 3.17. The Morgan fingerprint density at radius 1 is 1.00 bits per heavy atom. The quantitative estimate of drug-likeness (QED) is 0.669. The Kier molecular flexibility index (Phi) is 3.13. The zero-order valence-corrected chi connectivity index (χ0v) is 12.4. The van der Waals surface area contributed by atoms with Gasteiger partial charge in [0.1, 0.15) is 0 Å². The van der Waals surface area contributed by atoms with Gasteiger partial charge in [0.2, 0.25) is 0 Å². The minimum atomic E-state index is 0.0686. The molecule has 1 atom stereocenters. The first-order valence-corrected chi connectivity index (χ1v) is 7.29. The van der Waals surface area contributed by atoms with Gasteiger partial charge in [-0.1, -0.05) is 50.2 Å². The first kappa shape index (κ1) is 13.0. The van der Waals surface area contributed by atoms with Gasteiger partial charge in [0.15, 0.2) is 0 Å². The van der Waals surface area contributed by atoms with Crippen LogP contribution in [0.4, 0.5) is 0 Å². The predicted molar refractivity (Wildman–Crippen MR) is 86.2 cm³/mol.